The van der Waals surface area contributed by atoms with E-state index in [9.17, 15) is 0 Å². The van der Waals surface area contributed by atoms with E-state index in [1.807, 2.05) is 49.8 Å². The summed E-state index contributed by atoms with van der Waals surface area (Å²) in [6, 6.07) is 5.98. The minimum Gasteiger partial charge on any atom is -0.259 e. The van der Waals surface area contributed by atoms with Crippen molar-refractivity contribution < 1.29 is 0 Å². The monoisotopic (exact) mass is 401 g/mol. The van der Waals surface area contributed by atoms with Crippen molar-refractivity contribution in [3.63, 3.8) is 0 Å². The molecule has 0 aliphatic rings. The van der Waals surface area contributed by atoms with Gasteiger partial charge in [-0.25, -0.2) is 9.97 Å². The van der Waals surface area contributed by atoms with Gasteiger partial charge in [-0.3, -0.25) is 15.0 Å². The second-order valence-electron chi connectivity index (χ2n) is 9.44. The Kier molecular flexibility index (Phi) is 6.40. The Labute approximate surface area is 179 Å². The highest BCUT2D eigenvalue weighted by Gasteiger charge is 2.20. The molecule has 0 saturated heterocycles. The van der Waals surface area contributed by atoms with Gasteiger partial charge in [0.25, 0.3) is 0 Å². The Morgan fingerprint density at radius 1 is 1.03 bits per heavy atom. The smallest absolute Gasteiger partial charge is 0.178 e. The summed E-state index contributed by atoms with van der Waals surface area (Å²) < 4.78 is 0. The molecular formula is C25H31N5. The van der Waals surface area contributed by atoms with Gasteiger partial charge in [0.1, 0.15) is 5.52 Å². The SMILES string of the molecule is C/C=C\c1ncccc1N=CCC(C)(C)Cc1cnc2cc(C(C)(C)C)cnc2n1. The number of nitrogens with zero attached hydrogens (tertiary/aromatic N) is 5. The number of allylic oxidation sites excluding steroid dienone is 1. The van der Waals surface area contributed by atoms with Crippen LogP contribution in [0.4, 0.5) is 5.69 Å². The molecule has 0 aromatic carbocycles. The minimum atomic E-state index is 0.000173. The summed E-state index contributed by atoms with van der Waals surface area (Å²) in [5, 5.41) is 0. The third-order valence-electron chi connectivity index (χ3n) is 4.99. The number of hydrogen-bond donors (Lipinski definition) is 0. The fourth-order valence-electron chi connectivity index (χ4n) is 3.19. The van der Waals surface area contributed by atoms with Crippen molar-refractivity contribution in [2.75, 3.05) is 0 Å². The second-order valence-corrected chi connectivity index (χ2v) is 9.44. The third-order valence-corrected chi connectivity index (χ3v) is 4.99. The molecule has 5 heteroatoms. The van der Waals surface area contributed by atoms with E-state index in [-0.39, 0.29) is 10.8 Å². The molecular weight excluding hydrogens is 370 g/mol. The van der Waals surface area contributed by atoms with Gasteiger partial charge in [0.15, 0.2) is 5.65 Å². The summed E-state index contributed by atoms with van der Waals surface area (Å²) in [5.41, 5.74) is 5.49. The Morgan fingerprint density at radius 2 is 1.83 bits per heavy atom. The molecule has 0 bridgehead atoms. The predicted octanol–water partition coefficient (Wildman–Crippen LogP) is 6.11. The molecule has 3 aromatic rings. The first-order valence-electron chi connectivity index (χ1n) is 10.4. The summed E-state index contributed by atoms with van der Waals surface area (Å²) in [6.07, 6.45) is 13.1. The Balaban J connectivity index is 1.72. The van der Waals surface area contributed by atoms with Crippen LogP contribution in [0.25, 0.3) is 17.2 Å². The number of hydrogen-bond acceptors (Lipinski definition) is 5. The number of aromatic nitrogens is 4. The molecule has 3 aromatic heterocycles. The lowest BCUT2D eigenvalue weighted by atomic mass is 9.85. The van der Waals surface area contributed by atoms with Crippen molar-refractivity contribution in [1.29, 1.82) is 0 Å². The largest absolute Gasteiger partial charge is 0.259 e. The molecule has 0 unspecified atom stereocenters. The van der Waals surface area contributed by atoms with Crippen LogP contribution in [-0.2, 0) is 11.8 Å². The van der Waals surface area contributed by atoms with Crippen molar-refractivity contribution in [2.24, 2.45) is 10.4 Å². The van der Waals surface area contributed by atoms with E-state index < -0.39 is 0 Å². The van der Waals surface area contributed by atoms with Gasteiger partial charge >= 0.3 is 0 Å². The average Bonchev–Trinajstić information content (AvgIpc) is 2.68. The number of rotatable bonds is 6. The lowest BCUT2D eigenvalue weighted by Gasteiger charge is -2.22. The van der Waals surface area contributed by atoms with Crippen LogP contribution < -0.4 is 0 Å². The maximum absolute atomic E-state index is 4.75. The van der Waals surface area contributed by atoms with Crippen molar-refractivity contribution in [1.82, 2.24) is 19.9 Å². The van der Waals surface area contributed by atoms with Crippen LogP contribution in [-0.4, -0.2) is 26.2 Å². The standard InChI is InChI=1S/C25H31N5/c1-7-9-20-21(10-8-12-26-20)27-13-11-25(5,6)15-19-17-28-22-14-18(24(2,3)4)16-29-23(22)30-19/h7-10,12-14,16-17H,11,15H2,1-6H3/b9-7-,27-13?. The maximum atomic E-state index is 4.75. The van der Waals surface area contributed by atoms with E-state index in [1.54, 1.807) is 6.20 Å². The van der Waals surface area contributed by atoms with E-state index in [0.717, 1.165) is 35.4 Å². The van der Waals surface area contributed by atoms with Gasteiger partial charge in [0.2, 0.25) is 0 Å². The van der Waals surface area contributed by atoms with Crippen LogP contribution in [0.5, 0.6) is 0 Å². The van der Waals surface area contributed by atoms with Crippen LogP contribution in [0.3, 0.4) is 0 Å². The van der Waals surface area contributed by atoms with E-state index in [4.69, 9.17) is 4.98 Å². The highest BCUT2D eigenvalue weighted by Crippen LogP contribution is 2.27. The van der Waals surface area contributed by atoms with Crippen LogP contribution in [0.1, 0.15) is 64.9 Å². The molecule has 0 saturated carbocycles. The van der Waals surface area contributed by atoms with Gasteiger partial charge in [-0.15, -0.1) is 0 Å². The first-order chi connectivity index (χ1) is 14.2. The number of pyridine rings is 2. The molecule has 156 valence electrons. The van der Waals surface area contributed by atoms with E-state index in [2.05, 4.69) is 60.6 Å². The van der Waals surface area contributed by atoms with Crippen LogP contribution in [0, 0.1) is 5.41 Å². The Hall–Kier alpha value is -2.95. The molecule has 0 amide bonds. The molecule has 0 N–H and O–H groups in total. The molecule has 0 aliphatic heterocycles. The Bertz CT molecular complexity index is 1070. The van der Waals surface area contributed by atoms with Crippen molar-refractivity contribution >= 4 is 29.1 Å². The van der Waals surface area contributed by atoms with Gasteiger partial charge < -0.3 is 0 Å². The molecule has 30 heavy (non-hydrogen) atoms. The van der Waals surface area contributed by atoms with Crippen LogP contribution >= 0.6 is 0 Å². The lowest BCUT2D eigenvalue weighted by molar-refractivity contribution is 0.379. The van der Waals surface area contributed by atoms with Gasteiger partial charge in [-0.2, -0.15) is 0 Å². The summed E-state index contributed by atoms with van der Waals surface area (Å²) in [6.45, 7) is 12.9. The first kappa shape index (κ1) is 21.8. The number of aliphatic imine (C=N–C) groups is 1. The van der Waals surface area contributed by atoms with Crippen LogP contribution in [0.15, 0.2) is 47.9 Å². The molecule has 0 spiro atoms. The summed E-state index contributed by atoms with van der Waals surface area (Å²) in [7, 11) is 0. The topological polar surface area (TPSA) is 63.9 Å². The molecule has 0 atom stereocenters. The highest BCUT2D eigenvalue weighted by atomic mass is 14.9. The molecule has 0 fully saturated rings. The zero-order chi connectivity index (χ0) is 21.8. The molecule has 0 radical (unpaired) electrons. The Morgan fingerprint density at radius 3 is 2.57 bits per heavy atom. The summed E-state index contributed by atoms with van der Waals surface area (Å²) in [4.78, 5) is 23.0. The lowest BCUT2D eigenvalue weighted by Crippen LogP contribution is -2.17. The molecule has 3 heterocycles. The maximum Gasteiger partial charge on any atom is 0.178 e. The predicted molar refractivity (Wildman–Crippen MR) is 125 cm³/mol. The highest BCUT2D eigenvalue weighted by molar-refractivity contribution is 5.71. The quantitative estimate of drug-likeness (QED) is 0.467. The van der Waals surface area contributed by atoms with Crippen LogP contribution in [0.2, 0.25) is 0 Å². The van der Waals surface area contributed by atoms with Gasteiger partial charge in [0, 0.05) is 24.8 Å². The van der Waals surface area contributed by atoms with Gasteiger partial charge in [0.05, 0.1) is 17.1 Å². The summed E-state index contributed by atoms with van der Waals surface area (Å²) in [5.74, 6) is 0. The average molecular weight is 402 g/mol. The second kappa shape index (κ2) is 8.82. The summed E-state index contributed by atoms with van der Waals surface area (Å²) >= 11 is 0. The van der Waals surface area contributed by atoms with Crippen molar-refractivity contribution in [3.05, 3.63) is 59.8 Å². The number of fused-ring (bicyclic) bond motifs is 1. The van der Waals surface area contributed by atoms with Crippen molar-refractivity contribution in [2.45, 2.75) is 59.8 Å². The minimum absolute atomic E-state index is 0.000173. The fourth-order valence-corrected chi connectivity index (χ4v) is 3.19. The van der Waals surface area contributed by atoms with Gasteiger partial charge in [-0.1, -0.05) is 40.7 Å². The normalized spacial score (nSPS) is 13.0. The fraction of sp³-hybridized carbons (Fsp3) is 0.400. The van der Waals surface area contributed by atoms with Gasteiger partial charge in [-0.05, 0) is 60.4 Å². The molecule has 3 rings (SSSR count). The molecule has 5 nitrogen and oxygen atoms in total. The van der Waals surface area contributed by atoms with Crippen molar-refractivity contribution in [3.8, 4) is 0 Å². The zero-order valence-electron chi connectivity index (χ0n) is 18.8. The zero-order valence-corrected chi connectivity index (χ0v) is 18.8. The third kappa shape index (κ3) is 5.56. The van der Waals surface area contributed by atoms with E-state index >= 15 is 0 Å². The van der Waals surface area contributed by atoms with E-state index in [0.29, 0.717) is 5.65 Å². The van der Waals surface area contributed by atoms with E-state index in [1.165, 1.54) is 5.56 Å². The first-order valence-corrected chi connectivity index (χ1v) is 10.4. The molecule has 0 aliphatic carbocycles.